The predicted molar refractivity (Wildman–Crippen MR) is 93.1 cm³/mol. The Balaban J connectivity index is -0.000000422. The standard InChI is InChI=1S/2C8H12N2O3.2Na.H2O/c2*1-5(3-6(2)11)9-7-4-13-10-8(7)12;;;/h2*3,7,9H,4H2,1-2H3,(H,10,12);;;1H2/q;;2*+1;/p-2/b2*5-3+;;;/t2*7-;;;/m11.../s1. The van der Waals surface area contributed by atoms with Gasteiger partial charge < -0.3 is 36.0 Å². The van der Waals surface area contributed by atoms with Gasteiger partial charge in [-0.1, -0.05) is 0 Å². The van der Waals surface area contributed by atoms with Gasteiger partial charge in [0.25, 0.3) is 0 Å². The van der Waals surface area contributed by atoms with Crippen LogP contribution in [0.2, 0.25) is 0 Å². The third-order valence-corrected chi connectivity index (χ3v) is 3.03. The minimum absolute atomic E-state index is 0. The van der Waals surface area contributed by atoms with Gasteiger partial charge in [-0.15, -0.1) is 10.3 Å². The molecule has 2 aliphatic rings. The number of hydrogen-bond acceptors (Lipinski definition) is 10. The molecule has 2 aliphatic heterocycles. The van der Waals surface area contributed by atoms with Crippen molar-refractivity contribution in [3.63, 3.8) is 0 Å². The first-order valence-electron chi connectivity index (χ1n) is 7.83. The summed E-state index contributed by atoms with van der Waals surface area (Å²) in [5.41, 5.74) is 1.29. The van der Waals surface area contributed by atoms with Crippen LogP contribution >= 0.6 is 0 Å². The second kappa shape index (κ2) is 16.7. The molecule has 0 amide bonds. The van der Waals surface area contributed by atoms with Gasteiger partial charge in [0.05, 0.1) is 12.1 Å². The molecule has 0 saturated heterocycles. The van der Waals surface area contributed by atoms with E-state index < -0.39 is 12.1 Å². The average molecular weight is 430 g/mol. The van der Waals surface area contributed by atoms with E-state index in [1.807, 2.05) is 0 Å². The van der Waals surface area contributed by atoms with E-state index in [4.69, 9.17) is 0 Å². The van der Waals surface area contributed by atoms with Crippen molar-refractivity contribution in [3.8, 4) is 0 Å². The number of rotatable bonds is 6. The van der Waals surface area contributed by atoms with E-state index in [0.717, 1.165) is 0 Å². The van der Waals surface area contributed by atoms with Crippen LogP contribution in [0, 0.1) is 0 Å². The van der Waals surface area contributed by atoms with Gasteiger partial charge in [-0.05, 0) is 39.8 Å². The number of nitrogens with one attached hydrogen (secondary N) is 2. The van der Waals surface area contributed by atoms with Crippen LogP contribution in [0.3, 0.4) is 0 Å². The van der Waals surface area contributed by atoms with Crippen LogP contribution in [0.1, 0.15) is 27.7 Å². The summed E-state index contributed by atoms with van der Waals surface area (Å²) in [4.78, 5) is 30.5. The number of hydrogen-bond donors (Lipinski definition) is 2. The largest absolute Gasteiger partial charge is 1.00 e. The maximum Gasteiger partial charge on any atom is 1.00 e. The molecule has 2 heterocycles. The molecule has 0 spiro atoms. The van der Waals surface area contributed by atoms with Crippen LogP contribution in [0.25, 0.3) is 0 Å². The SMILES string of the molecule is CC(=O)/C=C(\C)N[C@@H]1CON=C1[O-].CC(=O)/C=C(\C)N[C@@H]1CON=C1[O-].O.[Na+].[Na+]. The fourth-order valence-electron chi connectivity index (χ4n) is 2.07. The topological polar surface area (TPSA) is 179 Å². The Bertz CT molecular complexity index is 610. The second-order valence-electron chi connectivity index (χ2n) is 5.72. The molecule has 0 fully saturated rings. The number of oxime groups is 2. The molecule has 0 bridgehead atoms. The number of nitrogens with zero attached hydrogens (tertiary/aromatic N) is 2. The van der Waals surface area contributed by atoms with Crippen LogP contribution in [0.4, 0.5) is 0 Å². The van der Waals surface area contributed by atoms with E-state index in [0.29, 0.717) is 11.4 Å². The number of carbonyl (C=O) groups excluding carboxylic acids is 2. The number of allylic oxidation sites excluding steroid dienone is 4. The molecule has 0 unspecified atom stereocenters. The van der Waals surface area contributed by atoms with Crippen molar-refractivity contribution >= 4 is 23.4 Å². The van der Waals surface area contributed by atoms with Crippen molar-refractivity contribution in [2.24, 2.45) is 10.3 Å². The molecule has 29 heavy (non-hydrogen) atoms. The second-order valence-corrected chi connectivity index (χ2v) is 5.72. The smallest absolute Gasteiger partial charge is 0.858 e. The number of carbonyl (C=O) groups is 2. The molecule has 11 nitrogen and oxygen atoms in total. The third kappa shape index (κ3) is 13.7. The van der Waals surface area contributed by atoms with Gasteiger partial charge >= 0.3 is 59.1 Å². The van der Waals surface area contributed by atoms with Crippen molar-refractivity contribution < 1.29 is 94.1 Å². The zero-order chi connectivity index (χ0) is 19.7. The quantitative estimate of drug-likeness (QED) is 0.308. The van der Waals surface area contributed by atoms with E-state index in [2.05, 4.69) is 30.6 Å². The van der Waals surface area contributed by atoms with Crippen molar-refractivity contribution in [1.82, 2.24) is 10.6 Å². The number of ketones is 2. The van der Waals surface area contributed by atoms with E-state index in [1.165, 1.54) is 26.0 Å². The van der Waals surface area contributed by atoms with Crippen LogP contribution in [-0.2, 0) is 19.3 Å². The molecule has 0 aromatic carbocycles. The van der Waals surface area contributed by atoms with E-state index in [9.17, 15) is 19.8 Å². The molecule has 0 aromatic heterocycles. The Kier molecular flexibility index (Phi) is 18.7. The van der Waals surface area contributed by atoms with Gasteiger partial charge in [0.1, 0.15) is 13.2 Å². The molecular formula is C16H24N4Na2O7. The first-order chi connectivity index (χ1) is 12.2. The Hall–Kier alpha value is -1.08. The Morgan fingerprint density at radius 2 is 1.17 bits per heavy atom. The van der Waals surface area contributed by atoms with E-state index in [1.54, 1.807) is 13.8 Å². The average Bonchev–Trinajstić information content (AvgIpc) is 3.08. The van der Waals surface area contributed by atoms with Crippen molar-refractivity contribution in [1.29, 1.82) is 0 Å². The van der Waals surface area contributed by atoms with Crippen LogP contribution < -0.4 is 80.0 Å². The first kappa shape index (κ1) is 32.6. The summed E-state index contributed by atoms with van der Waals surface area (Å²) in [6.07, 6.45) is 2.84. The summed E-state index contributed by atoms with van der Waals surface area (Å²) < 4.78 is 0. The van der Waals surface area contributed by atoms with Crippen molar-refractivity contribution in [2.75, 3.05) is 13.2 Å². The van der Waals surface area contributed by atoms with Crippen LogP contribution in [-0.4, -0.2) is 54.1 Å². The van der Waals surface area contributed by atoms with Crippen molar-refractivity contribution in [2.45, 2.75) is 39.8 Å². The minimum atomic E-state index is -0.449. The Labute approximate surface area is 213 Å². The predicted octanol–water partition coefficient (Wildman–Crippen LogP) is -8.53. The molecule has 2 rings (SSSR count). The van der Waals surface area contributed by atoms with Crippen molar-refractivity contribution in [3.05, 3.63) is 23.5 Å². The third-order valence-electron chi connectivity index (χ3n) is 3.03. The Morgan fingerprint density at radius 3 is 1.38 bits per heavy atom. The van der Waals surface area contributed by atoms with Gasteiger partial charge in [-0.25, -0.2) is 0 Å². The minimum Gasteiger partial charge on any atom is -0.858 e. The maximum absolute atomic E-state index is 10.9. The normalized spacial score (nSPS) is 19.9. The molecule has 0 aliphatic carbocycles. The summed E-state index contributed by atoms with van der Waals surface area (Å²) in [6.45, 7) is 6.77. The molecule has 152 valence electrons. The van der Waals surface area contributed by atoms with Gasteiger partial charge in [-0.3, -0.25) is 9.59 Å². The Morgan fingerprint density at radius 1 is 0.862 bits per heavy atom. The van der Waals surface area contributed by atoms with Crippen LogP contribution in [0.15, 0.2) is 33.9 Å². The monoisotopic (exact) mass is 430 g/mol. The van der Waals surface area contributed by atoms with Gasteiger partial charge in [0.2, 0.25) is 0 Å². The van der Waals surface area contributed by atoms with Crippen LogP contribution in [0.5, 0.6) is 0 Å². The molecule has 13 heteroatoms. The summed E-state index contributed by atoms with van der Waals surface area (Å²) >= 11 is 0. The molecule has 0 aromatic rings. The summed E-state index contributed by atoms with van der Waals surface area (Å²) in [5, 5.41) is 34.0. The summed E-state index contributed by atoms with van der Waals surface area (Å²) in [6, 6.07) is -0.897. The fourth-order valence-corrected chi connectivity index (χ4v) is 2.07. The van der Waals surface area contributed by atoms with E-state index in [-0.39, 0.29) is 101 Å². The fraction of sp³-hybridized carbons (Fsp3) is 0.500. The zero-order valence-corrected chi connectivity index (χ0v) is 21.6. The van der Waals surface area contributed by atoms with Gasteiger partial charge in [0, 0.05) is 23.2 Å². The maximum atomic E-state index is 10.9. The molecular weight excluding hydrogens is 406 g/mol. The summed E-state index contributed by atoms with van der Waals surface area (Å²) in [5.74, 6) is -0.797. The molecule has 0 radical (unpaired) electrons. The zero-order valence-electron chi connectivity index (χ0n) is 17.6. The molecule has 0 saturated carbocycles. The van der Waals surface area contributed by atoms with Gasteiger partial charge in [-0.2, -0.15) is 0 Å². The molecule has 2 atom stereocenters. The van der Waals surface area contributed by atoms with E-state index >= 15 is 0 Å². The molecule has 4 N–H and O–H groups in total. The first-order valence-corrected chi connectivity index (χ1v) is 7.83. The van der Waals surface area contributed by atoms with Gasteiger partial charge in [0.15, 0.2) is 11.6 Å². The summed E-state index contributed by atoms with van der Waals surface area (Å²) in [7, 11) is 0.